The molecule has 91 heavy (non-hydrogen) atoms. The second kappa shape index (κ2) is 40.6. The molecule has 3 aromatic rings. The van der Waals surface area contributed by atoms with Crippen LogP contribution in [0.5, 0.6) is 0 Å². The van der Waals surface area contributed by atoms with Gasteiger partial charge in [-0.15, -0.1) is 0 Å². The van der Waals surface area contributed by atoms with Crippen LogP contribution < -0.4 is 93.7 Å². The number of hydrogen-bond donors (Lipinski definition) is 18. The van der Waals surface area contributed by atoms with Crippen molar-refractivity contribution in [3.63, 3.8) is 0 Å². The number of rotatable bonds is 44. The number of nitrogens with two attached hydrogens (primary N) is 8. The maximum absolute atomic E-state index is 15.0. The Hall–Kier alpha value is -9.04. The predicted octanol–water partition coefficient (Wildman–Crippen LogP) is -3.92. The normalized spacial score (nSPS) is 14.3. The van der Waals surface area contributed by atoms with E-state index in [1.807, 2.05) is 25.1 Å². The molecule has 10 atom stereocenters. The third kappa shape index (κ3) is 27.7. The molecule has 0 aliphatic carbocycles. The van der Waals surface area contributed by atoms with Crippen LogP contribution >= 0.6 is 11.8 Å². The van der Waals surface area contributed by atoms with Gasteiger partial charge in [-0.2, -0.15) is 11.8 Å². The molecule has 0 radical (unpaired) electrons. The molecule has 0 spiro atoms. The van der Waals surface area contributed by atoms with Gasteiger partial charge in [0, 0.05) is 49.5 Å². The van der Waals surface area contributed by atoms with Crippen LogP contribution in [0.3, 0.4) is 0 Å². The average Bonchev–Trinajstić information content (AvgIpc) is 2.73. The van der Waals surface area contributed by atoms with E-state index in [-0.39, 0.29) is 70.0 Å². The number of nitrogens with one attached hydrogen (secondary N) is 10. The first-order chi connectivity index (χ1) is 43.3. The molecule has 502 valence electrons. The fourth-order valence-corrected chi connectivity index (χ4v) is 10.0. The maximum Gasteiger partial charge on any atom is 0.243 e. The number of hydrogen-bond acceptors (Lipinski definition) is 16. The fourth-order valence-electron chi connectivity index (χ4n) is 9.57. The summed E-state index contributed by atoms with van der Waals surface area (Å²) < 4.78 is 0. The first kappa shape index (κ1) is 76.2. The number of carbonyl (C=O) groups excluding carboxylic acids is 11. The molecular weight excluding hydrogens is 1200 g/mol. The van der Waals surface area contributed by atoms with Crippen LogP contribution in [0.25, 0.3) is 10.9 Å². The van der Waals surface area contributed by atoms with E-state index >= 15 is 0 Å². The van der Waals surface area contributed by atoms with Crippen LogP contribution in [0.15, 0.2) is 70.8 Å². The number of guanidine groups is 2. The highest BCUT2D eigenvalue weighted by atomic mass is 32.2. The maximum atomic E-state index is 15.0. The highest BCUT2D eigenvalue weighted by molar-refractivity contribution is 7.98. The number of aromatic nitrogens is 1. The molecule has 0 aliphatic heterocycles. The minimum absolute atomic E-state index is 0.0356. The number of fused-ring (bicyclic) bond motifs is 1. The van der Waals surface area contributed by atoms with Gasteiger partial charge in [0.2, 0.25) is 65.0 Å². The number of thioether (sulfide) groups is 1. The number of aromatic amines is 1. The van der Waals surface area contributed by atoms with Crippen LogP contribution in [0, 0.1) is 5.92 Å². The van der Waals surface area contributed by atoms with E-state index < -0.39 is 145 Å². The molecule has 3 rings (SSSR count). The Balaban J connectivity index is 2.06. The Morgan fingerprint density at radius 3 is 1.51 bits per heavy atom. The van der Waals surface area contributed by atoms with Crippen LogP contribution in [0.4, 0.5) is 0 Å². The second-order valence-electron chi connectivity index (χ2n) is 21.9. The number of benzene rings is 2. The van der Waals surface area contributed by atoms with Crippen LogP contribution in [0.1, 0.15) is 102 Å². The zero-order valence-corrected chi connectivity index (χ0v) is 53.0. The Kier molecular flexibility index (Phi) is 34.0. The molecule has 10 unspecified atom stereocenters. The van der Waals surface area contributed by atoms with Crippen molar-refractivity contribution in [2.24, 2.45) is 61.8 Å². The van der Waals surface area contributed by atoms with E-state index in [4.69, 9.17) is 45.9 Å². The van der Waals surface area contributed by atoms with Crippen LogP contribution in [-0.2, 0) is 65.6 Å². The van der Waals surface area contributed by atoms with E-state index in [0.29, 0.717) is 49.1 Å². The largest absolute Gasteiger partial charge is 0.370 e. The summed E-state index contributed by atoms with van der Waals surface area (Å²) in [6, 6.07) is 3.48. The molecule has 0 fully saturated rings. The molecule has 0 saturated carbocycles. The summed E-state index contributed by atoms with van der Waals surface area (Å²) >= 11 is 1.40. The van der Waals surface area contributed by atoms with Gasteiger partial charge in [0.1, 0.15) is 48.3 Å². The van der Waals surface area contributed by atoms with Crippen molar-refractivity contribution in [3.05, 3.63) is 71.9 Å². The van der Waals surface area contributed by atoms with Crippen LogP contribution in [-0.4, -0.2) is 175 Å². The molecule has 1 heterocycles. The topological polar surface area (TPSA) is 545 Å². The summed E-state index contributed by atoms with van der Waals surface area (Å²) in [5, 5.41) is 24.9. The van der Waals surface area contributed by atoms with Crippen molar-refractivity contribution in [2.45, 2.75) is 158 Å². The molecular formula is C59H94N20O11S. The molecule has 31 nitrogen and oxygen atoms in total. The molecule has 32 heteroatoms. The Bertz CT molecular complexity index is 2960. The number of primary amides is 3. The molecule has 2 aromatic carbocycles. The summed E-state index contributed by atoms with van der Waals surface area (Å²) in [6.45, 7) is 4.06. The Morgan fingerprint density at radius 2 is 0.989 bits per heavy atom. The van der Waals surface area contributed by atoms with E-state index in [2.05, 4.69) is 62.8 Å². The lowest BCUT2D eigenvalue weighted by atomic mass is 9.96. The standard InChI is InChI=1S/C59H94N20O11S/c1-5-33(2)48(79-50(83)39(68-3)19-11-12-25-60)57(90)78-44(30-35-32-71-37-18-10-9-17-36(35)37)55(88)76-43(29-34-15-7-6-8-16-34)54(87)75-42(22-23-46(61)80)53(86)77-45(31-47(62)81)56(89)74-41(21-14-27-70-59(66)67)52(85)73-40(20-13-26-69-58(64)65)51(84)72-38(49(63)82)24-28-91-4/h6-10,15-18,32-33,38-45,48,68,71H,5,11-14,19-31,60H2,1-4H3,(H2,61,80)(H2,62,81)(H2,63,82)(H,72,84)(H,73,85)(H,74,89)(H,75,87)(H,76,88)(H,77,86)(H,78,90)(H,79,83)(H4,64,65,69)(H4,66,67,70). The minimum Gasteiger partial charge on any atom is -0.370 e. The van der Waals surface area contributed by atoms with Crippen molar-refractivity contribution >= 4 is 99.6 Å². The van der Waals surface area contributed by atoms with Gasteiger partial charge in [0.15, 0.2) is 11.9 Å². The fraction of sp³-hybridized carbons (Fsp3) is 0.542. The lowest BCUT2D eigenvalue weighted by Crippen LogP contribution is -2.61. The average molecular weight is 1290 g/mol. The number of unbranched alkanes of at least 4 members (excludes halogenated alkanes) is 1. The van der Waals surface area contributed by atoms with Gasteiger partial charge in [-0.1, -0.05) is 75.2 Å². The van der Waals surface area contributed by atoms with Crippen molar-refractivity contribution in [2.75, 3.05) is 38.7 Å². The molecule has 26 N–H and O–H groups in total. The Morgan fingerprint density at radius 1 is 0.516 bits per heavy atom. The zero-order valence-electron chi connectivity index (χ0n) is 52.2. The smallest absolute Gasteiger partial charge is 0.243 e. The van der Waals surface area contributed by atoms with Crippen molar-refractivity contribution in [1.82, 2.24) is 52.8 Å². The zero-order chi connectivity index (χ0) is 67.6. The van der Waals surface area contributed by atoms with Crippen molar-refractivity contribution in [1.29, 1.82) is 0 Å². The van der Waals surface area contributed by atoms with E-state index in [1.54, 1.807) is 62.8 Å². The number of para-hydroxylation sites is 1. The van der Waals surface area contributed by atoms with Gasteiger partial charge in [0.25, 0.3) is 0 Å². The monoisotopic (exact) mass is 1290 g/mol. The number of amides is 11. The van der Waals surface area contributed by atoms with Gasteiger partial charge >= 0.3 is 0 Å². The quantitative estimate of drug-likeness (QED) is 0.0146. The Labute approximate surface area is 533 Å². The first-order valence-corrected chi connectivity index (χ1v) is 31.6. The summed E-state index contributed by atoms with van der Waals surface area (Å²) in [7, 11) is 1.63. The number of nitrogens with zero attached hydrogens (tertiary/aromatic N) is 2. The van der Waals surface area contributed by atoms with Crippen molar-refractivity contribution < 1.29 is 52.7 Å². The number of H-pyrrole nitrogens is 1. The lowest BCUT2D eigenvalue weighted by molar-refractivity contribution is -0.136. The summed E-state index contributed by atoms with van der Waals surface area (Å²) in [5.74, 6) is -10.3. The van der Waals surface area contributed by atoms with Crippen LogP contribution in [0.2, 0.25) is 0 Å². The molecule has 11 amide bonds. The van der Waals surface area contributed by atoms with Gasteiger partial charge < -0.3 is 98.7 Å². The lowest BCUT2D eigenvalue weighted by Gasteiger charge is -2.29. The summed E-state index contributed by atoms with van der Waals surface area (Å²) in [5.41, 5.74) is 46.4. The summed E-state index contributed by atoms with van der Waals surface area (Å²) in [4.78, 5) is 163. The minimum atomic E-state index is -1.87. The first-order valence-electron chi connectivity index (χ1n) is 30.2. The molecule has 0 aliphatic rings. The van der Waals surface area contributed by atoms with Gasteiger partial charge in [-0.3, -0.25) is 62.7 Å². The predicted molar refractivity (Wildman–Crippen MR) is 347 cm³/mol. The number of carbonyl (C=O) groups is 11. The molecule has 1 aromatic heterocycles. The van der Waals surface area contributed by atoms with Gasteiger partial charge in [-0.25, -0.2) is 0 Å². The highest BCUT2D eigenvalue weighted by Crippen LogP contribution is 2.21. The molecule has 0 bridgehead atoms. The second-order valence-corrected chi connectivity index (χ2v) is 22.9. The van der Waals surface area contributed by atoms with Gasteiger partial charge in [-0.05, 0) is 100 Å². The van der Waals surface area contributed by atoms with E-state index in [1.165, 1.54) is 11.8 Å². The van der Waals surface area contributed by atoms with Crippen molar-refractivity contribution in [3.8, 4) is 0 Å². The third-order valence-corrected chi connectivity index (χ3v) is 15.5. The summed E-state index contributed by atoms with van der Waals surface area (Å²) in [6.07, 6.45) is 3.61. The molecule has 0 saturated heterocycles. The highest BCUT2D eigenvalue weighted by Gasteiger charge is 2.37. The van der Waals surface area contributed by atoms with E-state index in [0.717, 1.165) is 10.9 Å². The SMILES string of the molecule is CCC(C)C(NC(=O)C(CCCCN)NC)C(=O)NC(Cc1c[nH]c2ccccc12)C(=O)NC(Cc1ccccc1)C(=O)NC(CCC(N)=O)C(=O)NC(CC(N)=O)C(=O)NC(CCCN=C(N)N)C(=O)NC(CCCN=C(N)N)C(=O)NC(CCSC)C(N)=O. The van der Waals surface area contributed by atoms with E-state index in [9.17, 15) is 52.7 Å². The third-order valence-electron chi connectivity index (χ3n) is 14.8. The number of aliphatic imine (C=N–C) groups is 2. The van der Waals surface area contributed by atoms with Gasteiger partial charge in [0.05, 0.1) is 12.5 Å². The number of likely N-dealkylation sites (N-methyl/N-ethyl adjacent to an activating group) is 1.